The molecule has 1 aromatic carbocycles. The topological polar surface area (TPSA) is 75.4 Å². The molecule has 1 aliphatic heterocycles. The molecule has 0 spiro atoms. The van der Waals surface area contributed by atoms with E-state index in [1.165, 1.54) is 5.01 Å². The van der Waals surface area contributed by atoms with E-state index in [0.717, 1.165) is 29.5 Å². The molecule has 0 aromatic heterocycles. The first-order valence-electron chi connectivity index (χ1n) is 6.00. The van der Waals surface area contributed by atoms with Gasteiger partial charge in [-0.3, -0.25) is 15.0 Å². The van der Waals surface area contributed by atoms with Gasteiger partial charge in [0.25, 0.3) is 5.91 Å². The van der Waals surface area contributed by atoms with Gasteiger partial charge in [-0.05, 0) is 42.5 Å². The fourth-order valence-corrected chi connectivity index (χ4v) is 2.47. The first-order valence-corrected chi connectivity index (χ1v) is 6.00. The summed E-state index contributed by atoms with van der Waals surface area (Å²) in [7, 11) is 0. The van der Waals surface area contributed by atoms with Crippen LogP contribution >= 0.6 is 0 Å². The van der Waals surface area contributed by atoms with Gasteiger partial charge in [0.15, 0.2) is 0 Å². The van der Waals surface area contributed by atoms with Crippen LogP contribution in [0.4, 0.5) is 0 Å². The fraction of sp³-hybridized carbons (Fsp3) is 0.385. The van der Waals surface area contributed by atoms with Crippen LogP contribution in [0, 0.1) is 6.92 Å². The van der Waals surface area contributed by atoms with Gasteiger partial charge in [-0.25, -0.2) is 5.01 Å². The standard InChI is InChI=1S/C13H15N3O2/c1-8-4-9(13(14)2-3-13)5-10-11(8)6-16(12(10)18)15-7-17/h4-5,7H,2-3,6,14H2,1H3,(H,15,17). The number of carbonyl (C=O) groups excluding carboxylic acids is 2. The molecule has 1 fully saturated rings. The Morgan fingerprint density at radius 1 is 1.44 bits per heavy atom. The number of nitrogens with one attached hydrogen (secondary N) is 1. The summed E-state index contributed by atoms with van der Waals surface area (Å²) in [5, 5.41) is 1.32. The first kappa shape index (κ1) is 11.2. The SMILES string of the molecule is Cc1cc(C2(N)CC2)cc2c1CN(NC=O)C2=O. The van der Waals surface area contributed by atoms with Gasteiger partial charge in [-0.2, -0.15) is 0 Å². The molecule has 1 saturated carbocycles. The lowest BCUT2D eigenvalue weighted by molar-refractivity contribution is -0.113. The summed E-state index contributed by atoms with van der Waals surface area (Å²) < 4.78 is 0. The Bertz CT molecular complexity index is 549. The van der Waals surface area contributed by atoms with E-state index in [4.69, 9.17) is 5.73 Å². The molecule has 0 bridgehead atoms. The number of carbonyl (C=O) groups is 2. The monoisotopic (exact) mass is 245 g/mol. The normalized spacial score (nSPS) is 19.7. The zero-order valence-corrected chi connectivity index (χ0v) is 10.2. The average Bonchev–Trinajstić information content (AvgIpc) is 3.01. The first-order chi connectivity index (χ1) is 8.55. The second kappa shape index (κ2) is 3.55. The Morgan fingerprint density at radius 2 is 2.17 bits per heavy atom. The molecule has 0 saturated heterocycles. The highest BCUT2D eigenvalue weighted by molar-refractivity contribution is 5.99. The molecule has 5 heteroatoms. The molecule has 3 N–H and O–H groups in total. The number of hydrazine groups is 1. The van der Waals surface area contributed by atoms with E-state index in [0.29, 0.717) is 18.5 Å². The van der Waals surface area contributed by atoms with Crippen LogP contribution < -0.4 is 11.2 Å². The summed E-state index contributed by atoms with van der Waals surface area (Å²) >= 11 is 0. The highest BCUT2D eigenvalue weighted by Gasteiger charge is 2.41. The minimum Gasteiger partial charge on any atom is -0.321 e. The van der Waals surface area contributed by atoms with Crippen molar-refractivity contribution < 1.29 is 9.59 Å². The van der Waals surface area contributed by atoms with Crippen molar-refractivity contribution in [2.24, 2.45) is 5.73 Å². The number of hydrogen-bond donors (Lipinski definition) is 2. The number of benzene rings is 1. The van der Waals surface area contributed by atoms with E-state index in [-0.39, 0.29) is 11.4 Å². The Labute approximate surface area is 105 Å². The van der Waals surface area contributed by atoms with Crippen LogP contribution in [-0.4, -0.2) is 17.3 Å². The van der Waals surface area contributed by atoms with Gasteiger partial charge < -0.3 is 5.73 Å². The van der Waals surface area contributed by atoms with Gasteiger partial charge in [0.1, 0.15) is 0 Å². The zero-order valence-electron chi connectivity index (χ0n) is 10.2. The van der Waals surface area contributed by atoms with Gasteiger partial charge in [0, 0.05) is 11.1 Å². The molecule has 18 heavy (non-hydrogen) atoms. The third-order valence-electron chi connectivity index (χ3n) is 3.84. The van der Waals surface area contributed by atoms with Crippen molar-refractivity contribution in [3.8, 4) is 0 Å². The number of aryl methyl sites for hydroxylation is 1. The molecule has 1 aliphatic carbocycles. The number of rotatable bonds is 3. The summed E-state index contributed by atoms with van der Waals surface area (Å²) in [4.78, 5) is 22.6. The second-order valence-electron chi connectivity index (χ2n) is 5.11. The predicted octanol–water partition coefficient (Wildman–Crippen LogP) is 0.560. The third-order valence-corrected chi connectivity index (χ3v) is 3.84. The molecule has 94 valence electrons. The molecule has 2 aliphatic rings. The van der Waals surface area contributed by atoms with Gasteiger partial charge in [0.2, 0.25) is 6.41 Å². The predicted molar refractivity (Wildman–Crippen MR) is 65.4 cm³/mol. The maximum Gasteiger partial charge on any atom is 0.272 e. The maximum atomic E-state index is 12.1. The number of hydrogen-bond acceptors (Lipinski definition) is 3. The molecule has 0 atom stereocenters. The largest absolute Gasteiger partial charge is 0.321 e. The summed E-state index contributed by atoms with van der Waals surface area (Å²) in [6, 6.07) is 3.94. The highest BCUT2D eigenvalue weighted by Crippen LogP contribution is 2.44. The van der Waals surface area contributed by atoms with Crippen molar-refractivity contribution >= 4 is 12.3 Å². The molecule has 1 heterocycles. The van der Waals surface area contributed by atoms with Gasteiger partial charge in [-0.1, -0.05) is 6.07 Å². The third kappa shape index (κ3) is 1.51. The summed E-state index contributed by atoms with van der Waals surface area (Å²) in [6.07, 6.45) is 2.46. The van der Waals surface area contributed by atoms with Crippen LogP contribution in [0.2, 0.25) is 0 Å². The Kier molecular flexibility index (Phi) is 2.22. The smallest absolute Gasteiger partial charge is 0.272 e. The van der Waals surface area contributed by atoms with Crippen molar-refractivity contribution in [2.75, 3.05) is 0 Å². The van der Waals surface area contributed by atoms with Crippen LogP contribution in [0.15, 0.2) is 12.1 Å². The van der Waals surface area contributed by atoms with Gasteiger partial charge in [-0.15, -0.1) is 0 Å². The molecule has 5 nitrogen and oxygen atoms in total. The molecule has 3 rings (SSSR count). The second-order valence-corrected chi connectivity index (χ2v) is 5.11. The number of nitrogens with zero attached hydrogens (tertiary/aromatic N) is 1. The maximum absolute atomic E-state index is 12.1. The van der Waals surface area contributed by atoms with E-state index in [1.54, 1.807) is 0 Å². The fourth-order valence-electron chi connectivity index (χ4n) is 2.47. The Balaban J connectivity index is 2.04. The molecule has 0 unspecified atom stereocenters. The van der Waals surface area contributed by atoms with Crippen LogP contribution in [0.3, 0.4) is 0 Å². The summed E-state index contributed by atoms with van der Waals surface area (Å²) in [5.41, 5.74) is 12.1. The average molecular weight is 245 g/mol. The molecular formula is C13H15N3O2. The van der Waals surface area contributed by atoms with E-state index in [1.807, 2.05) is 13.0 Å². The van der Waals surface area contributed by atoms with E-state index >= 15 is 0 Å². The quantitative estimate of drug-likeness (QED) is 0.764. The van der Waals surface area contributed by atoms with Crippen LogP contribution in [-0.2, 0) is 16.9 Å². The van der Waals surface area contributed by atoms with Crippen LogP contribution in [0.5, 0.6) is 0 Å². The van der Waals surface area contributed by atoms with Crippen LogP contribution in [0.1, 0.15) is 39.9 Å². The lowest BCUT2D eigenvalue weighted by atomic mass is 9.96. The molecule has 0 radical (unpaired) electrons. The summed E-state index contributed by atoms with van der Waals surface area (Å²) in [6.45, 7) is 2.41. The van der Waals surface area contributed by atoms with E-state index in [2.05, 4.69) is 11.5 Å². The minimum atomic E-state index is -0.244. The van der Waals surface area contributed by atoms with E-state index < -0.39 is 0 Å². The number of fused-ring (bicyclic) bond motifs is 1. The lowest BCUT2D eigenvalue weighted by Crippen LogP contribution is -2.37. The summed E-state index contributed by atoms with van der Waals surface area (Å²) in [5.74, 6) is -0.161. The van der Waals surface area contributed by atoms with Crippen molar-refractivity contribution in [1.29, 1.82) is 0 Å². The van der Waals surface area contributed by atoms with Gasteiger partial charge in [0.05, 0.1) is 6.54 Å². The lowest BCUT2D eigenvalue weighted by Gasteiger charge is -2.12. The number of nitrogens with two attached hydrogens (primary N) is 1. The minimum absolute atomic E-state index is 0.161. The Morgan fingerprint density at radius 3 is 2.78 bits per heavy atom. The van der Waals surface area contributed by atoms with Crippen molar-refractivity contribution in [2.45, 2.75) is 31.8 Å². The zero-order chi connectivity index (χ0) is 12.9. The van der Waals surface area contributed by atoms with E-state index in [9.17, 15) is 9.59 Å². The van der Waals surface area contributed by atoms with Crippen molar-refractivity contribution in [1.82, 2.24) is 10.4 Å². The van der Waals surface area contributed by atoms with Crippen molar-refractivity contribution in [3.63, 3.8) is 0 Å². The van der Waals surface area contributed by atoms with Gasteiger partial charge >= 0.3 is 0 Å². The van der Waals surface area contributed by atoms with Crippen LogP contribution in [0.25, 0.3) is 0 Å². The van der Waals surface area contributed by atoms with Crippen molar-refractivity contribution in [3.05, 3.63) is 34.4 Å². The molecular weight excluding hydrogens is 230 g/mol. The molecule has 2 amide bonds. The highest BCUT2D eigenvalue weighted by atomic mass is 16.2. The Hall–Kier alpha value is -1.88. The number of amides is 2. The molecule has 1 aromatic rings.